The molecule has 0 heterocycles. The van der Waals surface area contributed by atoms with Gasteiger partial charge in [-0.05, 0) is 17.7 Å². The van der Waals surface area contributed by atoms with Crippen LogP contribution in [-0.4, -0.2) is 16.8 Å². The average Bonchev–Trinajstić information content (AvgIpc) is 2.06. The summed E-state index contributed by atoms with van der Waals surface area (Å²) in [5.74, 6) is 0. The lowest BCUT2D eigenvalue weighted by Crippen LogP contribution is -2.01. The Morgan fingerprint density at radius 2 is 1.83 bits per heavy atom. The molecule has 0 atom stereocenters. The Kier molecular flexibility index (Phi) is 3.08. The number of benzene rings is 1. The topological polar surface area (TPSA) is 66.5 Å². The summed E-state index contributed by atoms with van der Waals surface area (Å²) in [4.78, 5) is 0. The van der Waals surface area contributed by atoms with E-state index in [0.29, 0.717) is 11.3 Å². The van der Waals surface area contributed by atoms with Crippen LogP contribution in [0.15, 0.2) is 24.3 Å². The van der Waals surface area contributed by atoms with E-state index in [2.05, 4.69) is 0 Å². The summed E-state index contributed by atoms with van der Waals surface area (Å²) in [5, 5.41) is 17.9. The number of hydrogen-bond acceptors (Lipinski definition) is 3. The first kappa shape index (κ1) is 9.03. The molecular weight excluding hydrogens is 154 g/mol. The smallest absolute Gasteiger partial charge is 0.125 e. The predicted octanol–water partition coefficient (Wildman–Crippen LogP) is 0.904. The normalized spacial score (nSPS) is 10.6. The molecule has 1 radical (unpaired) electrons. The molecule has 0 bridgehead atoms. The SMILES string of the molecule is Nc1ccc([C](O)CCO)cc1. The number of aliphatic hydroxyl groups is 2. The number of nitrogens with two attached hydrogens (primary N) is 1. The zero-order chi connectivity index (χ0) is 8.97. The minimum Gasteiger partial charge on any atom is -0.399 e. The van der Waals surface area contributed by atoms with Gasteiger partial charge in [-0.15, -0.1) is 0 Å². The van der Waals surface area contributed by atoms with Gasteiger partial charge in [-0.3, -0.25) is 0 Å². The van der Waals surface area contributed by atoms with Crippen LogP contribution >= 0.6 is 0 Å². The first-order valence-electron chi connectivity index (χ1n) is 3.75. The van der Waals surface area contributed by atoms with Crippen LogP contribution in [0.5, 0.6) is 0 Å². The molecule has 0 unspecified atom stereocenters. The summed E-state index contributed by atoms with van der Waals surface area (Å²) in [7, 11) is 0. The van der Waals surface area contributed by atoms with Gasteiger partial charge in [0.15, 0.2) is 0 Å². The Labute approximate surface area is 71.5 Å². The molecule has 3 heteroatoms. The highest BCUT2D eigenvalue weighted by atomic mass is 16.3. The average molecular weight is 166 g/mol. The summed E-state index contributed by atoms with van der Waals surface area (Å²) in [5.41, 5.74) is 6.83. The highest BCUT2D eigenvalue weighted by molar-refractivity contribution is 5.42. The number of hydrogen-bond donors (Lipinski definition) is 3. The van der Waals surface area contributed by atoms with Crippen LogP contribution in [0.2, 0.25) is 0 Å². The van der Waals surface area contributed by atoms with E-state index in [0.717, 1.165) is 0 Å². The molecule has 1 aromatic carbocycles. The largest absolute Gasteiger partial charge is 0.399 e. The van der Waals surface area contributed by atoms with Gasteiger partial charge in [-0.1, -0.05) is 12.1 Å². The highest BCUT2D eigenvalue weighted by Crippen LogP contribution is 2.16. The number of nitrogen functional groups attached to an aromatic ring is 1. The first-order valence-corrected chi connectivity index (χ1v) is 3.75. The van der Waals surface area contributed by atoms with Crippen molar-refractivity contribution >= 4 is 5.69 Å². The van der Waals surface area contributed by atoms with E-state index < -0.39 is 0 Å². The molecule has 0 aromatic heterocycles. The van der Waals surface area contributed by atoms with Crippen molar-refractivity contribution in [3.63, 3.8) is 0 Å². The van der Waals surface area contributed by atoms with Crippen molar-refractivity contribution in [1.29, 1.82) is 0 Å². The van der Waals surface area contributed by atoms with Gasteiger partial charge >= 0.3 is 0 Å². The summed E-state index contributed by atoms with van der Waals surface area (Å²) in [6, 6.07) is 6.87. The fourth-order valence-electron chi connectivity index (χ4n) is 0.926. The van der Waals surface area contributed by atoms with Crippen LogP contribution in [-0.2, 0) is 0 Å². The summed E-state index contributed by atoms with van der Waals surface area (Å²) >= 11 is 0. The number of rotatable bonds is 3. The number of aliphatic hydroxyl groups excluding tert-OH is 2. The fraction of sp³-hybridized carbons (Fsp3) is 0.222. The molecule has 0 aliphatic carbocycles. The highest BCUT2D eigenvalue weighted by Gasteiger charge is 2.06. The lowest BCUT2D eigenvalue weighted by atomic mass is 10.1. The third kappa shape index (κ3) is 2.22. The minimum atomic E-state index is -0.0454. The van der Waals surface area contributed by atoms with Crippen LogP contribution in [0.25, 0.3) is 0 Å². The quantitative estimate of drug-likeness (QED) is 0.584. The Bertz CT molecular complexity index is 233. The monoisotopic (exact) mass is 166 g/mol. The lowest BCUT2D eigenvalue weighted by Gasteiger charge is -2.07. The van der Waals surface area contributed by atoms with Crippen LogP contribution in [0.1, 0.15) is 12.0 Å². The molecule has 3 nitrogen and oxygen atoms in total. The Morgan fingerprint density at radius 1 is 1.25 bits per heavy atom. The van der Waals surface area contributed by atoms with E-state index in [1.807, 2.05) is 0 Å². The van der Waals surface area contributed by atoms with Crippen LogP contribution in [0.3, 0.4) is 0 Å². The number of anilines is 1. The first-order chi connectivity index (χ1) is 5.74. The van der Waals surface area contributed by atoms with E-state index >= 15 is 0 Å². The van der Waals surface area contributed by atoms with Gasteiger partial charge in [0.05, 0.1) is 0 Å². The maximum absolute atomic E-state index is 9.33. The van der Waals surface area contributed by atoms with E-state index in [9.17, 15) is 5.11 Å². The lowest BCUT2D eigenvalue weighted by molar-refractivity contribution is 0.236. The van der Waals surface area contributed by atoms with Gasteiger partial charge in [-0.25, -0.2) is 0 Å². The van der Waals surface area contributed by atoms with Gasteiger partial charge in [0.25, 0.3) is 0 Å². The Hall–Kier alpha value is -1.06. The minimum absolute atomic E-state index is 0.0454. The Balaban J connectivity index is 2.68. The van der Waals surface area contributed by atoms with Crippen LogP contribution in [0, 0.1) is 6.10 Å². The summed E-state index contributed by atoms with van der Waals surface area (Å²) in [6.45, 7) is -0.0454. The van der Waals surface area contributed by atoms with Crippen molar-refractivity contribution in [2.75, 3.05) is 12.3 Å². The van der Waals surface area contributed by atoms with Crippen LogP contribution < -0.4 is 5.73 Å². The van der Waals surface area contributed by atoms with Crippen molar-refractivity contribution in [3.05, 3.63) is 35.9 Å². The van der Waals surface area contributed by atoms with E-state index in [1.165, 1.54) is 0 Å². The predicted molar refractivity (Wildman–Crippen MR) is 46.8 cm³/mol. The zero-order valence-electron chi connectivity index (χ0n) is 6.70. The third-order valence-electron chi connectivity index (χ3n) is 1.59. The van der Waals surface area contributed by atoms with E-state index in [1.54, 1.807) is 24.3 Å². The maximum Gasteiger partial charge on any atom is 0.125 e. The fourth-order valence-corrected chi connectivity index (χ4v) is 0.926. The molecule has 0 saturated carbocycles. The van der Waals surface area contributed by atoms with Gasteiger partial charge in [0.2, 0.25) is 0 Å². The van der Waals surface area contributed by atoms with Crippen molar-refractivity contribution in [1.82, 2.24) is 0 Å². The van der Waals surface area contributed by atoms with Crippen molar-refractivity contribution in [2.45, 2.75) is 6.42 Å². The second kappa shape index (κ2) is 4.09. The second-order valence-corrected chi connectivity index (χ2v) is 2.54. The van der Waals surface area contributed by atoms with Crippen LogP contribution in [0.4, 0.5) is 5.69 Å². The molecule has 0 amide bonds. The maximum atomic E-state index is 9.33. The molecule has 1 aromatic rings. The molecule has 12 heavy (non-hydrogen) atoms. The van der Waals surface area contributed by atoms with Gasteiger partial charge in [0.1, 0.15) is 6.10 Å². The molecule has 0 saturated heterocycles. The molecular formula is C9H12NO2. The summed E-state index contributed by atoms with van der Waals surface area (Å²) < 4.78 is 0. The summed E-state index contributed by atoms with van der Waals surface area (Å²) in [6.07, 6.45) is 0.474. The van der Waals surface area contributed by atoms with Gasteiger partial charge < -0.3 is 15.9 Å². The van der Waals surface area contributed by atoms with Crippen molar-refractivity contribution in [3.8, 4) is 0 Å². The van der Waals surface area contributed by atoms with Gasteiger partial charge in [-0.2, -0.15) is 0 Å². The molecule has 4 N–H and O–H groups in total. The zero-order valence-corrected chi connectivity index (χ0v) is 6.70. The molecule has 0 aliphatic heterocycles. The van der Waals surface area contributed by atoms with Gasteiger partial charge in [0, 0.05) is 18.7 Å². The second-order valence-electron chi connectivity index (χ2n) is 2.54. The molecule has 0 spiro atoms. The van der Waals surface area contributed by atoms with E-state index in [-0.39, 0.29) is 19.1 Å². The molecule has 1 rings (SSSR count). The molecule has 65 valence electrons. The molecule has 0 fully saturated rings. The third-order valence-corrected chi connectivity index (χ3v) is 1.59. The molecule has 0 aliphatic rings. The Morgan fingerprint density at radius 3 is 2.33 bits per heavy atom. The van der Waals surface area contributed by atoms with E-state index in [4.69, 9.17) is 10.8 Å². The van der Waals surface area contributed by atoms with Crippen molar-refractivity contribution in [2.24, 2.45) is 0 Å². The van der Waals surface area contributed by atoms with Crippen molar-refractivity contribution < 1.29 is 10.2 Å². The standard InChI is InChI=1S/C9H12NO2/c10-8-3-1-7(2-4-8)9(12)5-6-11/h1-4,11-12H,5-6,10H2.